The van der Waals surface area contributed by atoms with Crippen LogP contribution < -0.4 is 9.88 Å². The Kier molecular flexibility index (Phi) is 10.8. The van der Waals surface area contributed by atoms with Crippen LogP contribution in [-0.4, -0.2) is 68.1 Å². The normalized spacial score (nSPS) is 19.0. The third-order valence-electron chi connectivity index (χ3n) is 9.46. The smallest absolute Gasteiger partial charge is 0.408 e. The van der Waals surface area contributed by atoms with Gasteiger partial charge >= 0.3 is 12.1 Å². The van der Waals surface area contributed by atoms with Crippen LogP contribution in [0.2, 0.25) is 0 Å². The molecule has 3 aliphatic rings. The number of thioether (sulfide) groups is 1. The van der Waals surface area contributed by atoms with E-state index in [0.717, 1.165) is 22.3 Å². The summed E-state index contributed by atoms with van der Waals surface area (Å²) in [4.78, 5) is 57.8. The van der Waals surface area contributed by atoms with E-state index in [1.807, 2.05) is 102 Å². The maximum absolute atomic E-state index is 14.4. The predicted octanol–water partition coefficient (Wildman–Crippen LogP) is 5.78. The lowest BCUT2D eigenvalue weighted by Crippen LogP contribution is -2.70. The summed E-state index contributed by atoms with van der Waals surface area (Å²) in [5, 5.41) is 11.9. The molecule has 0 spiro atoms. The van der Waals surface area contributed by atoms with Crippen molar-refractivity contribution in [1.29, 1.82) is 0 Å². The van der Waals surface area contributed by atoms with Gasteiger partial charge in [-0.05, 0) is 67.7 Å². The summed E-state index contributed by atoms with van der Waals surface area (Å²) in [6.07, 6.45) is 4.62. The Hall–Kier alpha value is -5.88. The molecule has 2 N–H and O–H groups in total. The third kappa shape index (κ3) is 8.60. The van der Waals surface area contributed by atoms with Crippen LogP contribution >= 0.6 is 11.8 Å². The number of alkyl carbamates (subject to hydrolysis) is 1. The van der Waals surface area contributed by atoms with Gasteiger partial charge in [0.25, 0.3) is 5.91 Å². The number of nitrogens with zero attached hydrogens (tertiary/aromatic N) is 3. The van der Waals surface area contributed by atoms with Gasteiger partial charge in [0.05, 0.1) is 0 Å². The average Bonchev–Trinajstić information content (AvgIpc) is 3.50. The maximum Gasteiger partial charge on any atom is 0.408 e. The molecule has 55 heavy (non-hydrogen) atoms. The van der Waals surface area contributed by atoms with Crippen molar-refractivity contribution in [3.8, 4) is 5.75 Å². The second-order valence-corrected chi connectivity index (χ2v) is 15.8. The van der Waals surface area contributed by atoms with Crippen LogP contribution in [0.4, 0.5) is 4.79 Å². The highest BCUT2D eigenvalue weighted by molar-refractivity contribution is 8.00. The number of allylic oxidation sites excluding steroid dienone is 1. The molecule has 4 heterocycles. The SMILES string of the molecule is CC(C)(C)OC(=O)NC1C(=O)N2C(C(=O)OC(c3ccccc3)c3ccccc3)=C(C=C3CCN(Cc4cc[n+](Cc5cccc(O)c5)cc4)C3=O)CSC12. The molecule has 3 aliphatic heterocycles. The van der Waals surface area contributed by atoms with E-state index in [1.165, 1.54) is 16.7 Å². The third-order valence-corrected chi connectivity index (χ3v) is 10.8. The van der Waals surface area contributed by atoms with Crippen LogP contribution in [-0.2, 0) is 36.9 Å². The van der Waals surface area contributed by atoms with Crippen LogP contribution in [0, 0.1) is 0 Å². The van der Waals surface area contributed by atoms with Gasteiger partial charge in [-0.2, -0.15) is 0 Å². The van der Waals surface area contributed by atoms with E-state index >= 15 is 0 Å². The van der Waals surface area contributed by atoms with Gasteiger partial charge < -0.3 is 24.8 Å². The Labute approximate surface area is 324 Å². The molecule has 3 aromatic carbocycles. The number of phenols is 1. The lowest BCUT2D eigenvalue weighted by molar-refractivity contribution is -0.688. The second-order valence-electron chi connectivity index (χ2n) is 14.7. The first-order valence-corrected chi connectivity index (χ1v) is 19.2. The standard InChI is InChI=1S/C43H42N4O7S/c1-43(2,3)54-42(52)44-35-39(50)47-36(41(51)53-37(30-12-6-4-7-13-30)31-14-8-5-9-15-31)33(27-55-40(35)47)24-32-19-22-46(38(32)49)26-28-17-20-45(21-18-28)25-29-11-10-16-34(48)23-29/h4-18,20-21,23-24,35,37,40H,19,22,25-27H2,1-3H3,(H-,44,48,52)/p+1. The Morgan fingerprint density at radius 3 is 2.25 bits per heavy atom. The number of fused-ring (bicyclic) bond motifs is 1. The molecule has 11 nitrogen and oxygen atoms in total. The zero-order valence-corrected chi connectivity index (χ0v) is 31.7. The number of hydrogen-bond donors (Lipinski definition) is 2. The maximum atomic E-state index is 14.4. The lowest BCUT2D eigenvalue weighted by Gasteiger charge is -2.49. The summed E-state index contributed by atoms with van der Waals surface area (Å²) < 4.78 is 13.7. The Morgan fingerprint density at radius 2 is 1.62 bits per heavy atom. The molecule has 0 bridgehead atoms. The number of carbonyl (C=O) groups excluding carboxylic acids is 4. The van der Waals surface area contributed by atoms with Crippen molar-refractivity contribution < 1.29 is 38.3 Å². The van der Waals surface area contributed by atoms with Crippen molar-refractivity contribution in [3.63, 3.8) is 0 Å². The van der Waals surface area contributed by atoms with Crippen LogP contribution in [0.1, 0.15) is 55.5 Å². The number of likely N-dealkylation sites (tertiary alicyclic amines) is 1. The summed E-state index contributed by atoms with van der Waals surface area (Å²) in [6, 6.07) is 28.9. The number of hydrogen-bond acceptors (Lipinski definition) is 8. The van der Waals surface area contributed by atoms with Gasteiger partial charge in [-0.1, -0.05) is 72.8 Å². The van der Waals surface area contributed by atoms with E-state index in [1.54, 1.807) is 43.9 Å². The highest BCUT2D eigenvalue weighted by atomic mass is 32.2. The highest BCUT2D eigenvalue weighted by Gasteiger charge is 2.55. The van der Waals surface area contributed by atoms with Crippen LogP contribution in [0.3, 0.4) is 0 Å². The minimum atomic E-state index is -0.899. The summed E-state index contributed by atoms with van der Waals surface area (Å²) in [5.74, 6) is -0.788. The van der Waals surface area contributed by atoms with Crippen LogP contribution in [0.15, 0.2) is 132 Å². The van der Waals surface area contributed by atoms with E-state index < -0.39 is 41.1 Å². The number of ether oxygens (including phenoxy) is 2. The van der Waals surface area contributed by atoms with Crippen molar-refractivity contribution in [3.05, 3.63) is 155 Å². The molecule has 4 aromatic rings. The minimum absolute atomic E-state index is 0.0611. The number of phenolic OH excluding ortho intramolecular Hbond substituents is 1. The van der Waals surface area contributed by atoms with Crippen molar-refractivity contribution in [2.24, 2.45) is 0 Å². The summed E-state index contributed by atoms with van der Waals surface area (Å²) >= 11 is 1.40. The Bertz CT molecular complexity index is 2110. The van der Waals surface area contributed by atoms with Crippen molar-refractivity contribution in [1.82, 2.24) is 15.1 Å². The largest absolute Gasteiger partial charge is 0.508 e. The molecule has 7 rings (SSSR count). The van der Waals surface area contributed by atoms with Gasteiger partial charge in [0, 0.05) is 42.1 Å². The quantitative estimate of drug-likeness (QED) is 0.0902. The molecule has 282 valence electrons. The monoisotopic (exact) mass is 759 g/mol. The Morgan fingerprint density at radius 1 is 0.945 bits per heavy atom. The fourth-order valence-corrected chi connectivity index (χ4v) is 8.18. The number of rotatable bonds is 10. The number of aromatic hydroxyl groups is 1. The number of aromatic nitrogens is 1. The highest BCUT2D eigenvalue weighted by Crippen LogP contribution is 2.43. The van der Waals surface area contributed by atoms with E-state index in [9.17, 15) is 24.3 Å². The molecule has 2 atom stereocenters. The van der Waals surface area contributed by atoms with Crippen LogP contribution in [0.25, 0.3) is 0 Å². The minimum Gasteiger partial charge on any atom is -0.508 e. The predicted molar refractivity (Wildman–Crippen MR) is 206 cm³/mol. The van der Waals surface area contributed by atoms with Gasteiger partial charge in [0.1, 0.15) is 28.5 Å². The summed E-state index contributed by atoms with van der Waals surface area (Å²) in [6.45, 7) is 6.73. The van der Waals surface area contributed by atoms with Crippen molar-refractivity contribution in [2.45, 2.75) is 63.4 Å². The molecule has 2 unspecified atom stereocenters. The molecule has 0 radical (unpaired) electrons. The Balaban J connectivity index is 1.14. The number of carbonyl (C=O) groups is 4. The number of esters is 1. The first kappa shape index (κ1) is 37.4. The molecular formula is C43H43N4O7S+. The van der Waals surface area contributed by atoms with E-state index in [2.05, 4.69) is 5.32 Å². The average molecular weight is 760 g/mol. The van der Waals surface area contributed by atoms with Crippen molar-refractivity contribution in [2.75, 3.05) is 12.3 Å². The number of pyridine rings is 1. The van der Waals surface area contributed by atoms with Crippen molar-refractivity contribution >= 4 is 35.6 Å². The molecule has 2 fully saturated rings. The lowest BCUT2D eigenvalue weighted by atomic mass is 10.00. The van der Waals surface area contributed by atoms with Crippen LogP contribution in [0.5, 0.6) is 5.75 Å². The zero-order chi connectivity index (χ0) is 38.7. The fraction of sp³-hybridized carbons (Fsp3) is 0.279. The molecule has 1 aromatic heterocycles. The van der Waals surface area contributed by atoms with Gasteiger partial charge in [-0.15, -0.1) is 11.8 Å². The summed E-state index contributed by atoms with van der Waals surface area (Å²) in [5.41, 5.74) is 3.80. The molecule has 12 heteroatoms. The topological polar surface area (TPSA) is 129 Å². The fourth-order valence-electron chi connectivity index (χ4n) is 6.87. The number of benzene rings is 3. The molecular weight excluding hydrogens is 717 g/mol. The van der Waals surface area contributed by atoms with E-state index in [0.29, 0.717) is 43.0 Å². The van der Waals surface area contributed by atoms with Gasteiger partial charge in [0.15, 0.2) is 25.0 Å². The molecule has 3 amide bonds. The zero-order valence-electron chi connectivity index (χ0n) is 30.9. The summed E-state index contributed by atoms with van der Waals surface area (Å²) in [7, 11) is 0. The number of amides is 3. The number of β-lactam (4-membered cyclic amide) rings is 1. The van der Waals surface area contributed by atoms with Gasteiger partial charge in [-0.25, -0.2) is 14.2 Å². The second kappa shape index (κ2) is 15.8. The van der Waals surface area contributed by atoms with E-state index in [4.69, 9.17) is 9.47 Å². The van der Waals surface area contributed by atoms with E-state index in [-0.39, 0.29) is 17.4 Å². The number of nitrogens with one attached hydrogen (secondary N) is 1. The molecule has 0 saturated carbocycles. The van der Waals surface area contributed by atoms with Gasteiger partial charge in [0.2, 0.25) is 5.91 Å². The molecule has 0 aliphatic carbocycles. The first-order valence-electron chi connectivity index (χ1n) is 18.2. The molecule has 2 saturated heterocycles. The van der Waals surface area contributed by atoms with Gasteiger partial charge in [-0.3, -0.25) is 14.5 Å². The first-order chi connectivity index (χ1) is 26.4.